The lowest BCUT2D eigenvalue weighted by atomic mass is 10.1. The molecule has 1 unspecified atom stereocenters. The second-order valence-corrected chi connectivity index (χ2v) is 8.05. The van der Waals surface area contributed by atoms with Gasteiger partial charge in [-0.1, -0.05) is 11.6 Å². The summed E-state index contributed by atoms with van der Waals surface area (Å²) >= 11 is 5.99. The van der Waals surface area contributed by atoms with Gasteiger partial charge in [0.1, 0.15) is 0 Å². The zero-order valence-corrected chi connectivity index (χ0v) is 13.0. The fraction of sp³-hybridized carbons (Fsp3) is 0.357. The molecule has 1 atom stereocenters. The van der Waals surface area contributed by atoms with Gasteiger partial charge < -0.3 is 10.3 Å². The molecule has 0 radical (unpaired) electrons. The molecule has 1 fully saturated rings. The van der Waals surface area contributed by atoms with Crippen molar-refractivity contribution in [3.8, 4) is 0 Å². The van der Waals surface area contributed by atoms with E-state index in [4.69, 9.17) is 11.6 Å². The molecule has 0 spiro atoms. The molecule has 1 aromatic carbocycles. The van der Waals surface area contributed by atoms with Crippen LogP contribution in [0.1, 0.15) is 22.5 Å². The topological polar surface area (TPSA) is 79.0 Å². The molecule has 2 heterocycles. The molecular formula is C14H15ClN2O3S. The lowest BCUT2D eigenvalue weighted by Gasteiger charge is -2.11. The second-order valence-electron chi connectivity index (χ2n) is 5.39. The van der Waals surface area contributed by atoms with Crippen LogP contribution in [-0.2, 0) is 9.84 Å². The normalized spacial score (nSPS) is 20.8. The summed E-state index contributed by atoms with van der Waals surface area (Å²) in [6.45, 7) is 1.81. The van der Waals surface area contributed by atoms with Gasteiger partial charge in [0.05, 0.1) is 17.1 Å². The van der Waals surface area contributed by atoms with Crippen molar-refractivity contribution >= 4 is 38.2 Å². The number of nitrogens with one attached hydrogen (secondary N) is 2. The summed E-state index contributed by atoms with van der Waals surface area (Å²) in [6, 6.07) is 5.00. The molecular weight excluding hydrogens is 312 g/mol. The molecule has 0 bridgehead atoms. The quantitative estimate of drug-likeness (QED) is 0.886. The van der Waals surface area contributed by atoms with Crippen LogP contribution in [0.15, 0.2) is 18.2 Å². The Morgan fingerprint density at radius 3 is 2.86 bits per heavy atom. The molecule has 1 aliphatic heterocycles. The molecule has 1 aromatic heterocycles. The number of H-pyrrole nitrogens is 1. The molecule has 1 amide bonds. The summed E-state index contributed by atoms with van der Waals surface area (Å²) in [4.78, 5) is 15.6. The minimum absolute atomic E-state index is 0.0148. The van der Waals surface area contributed by atoms with E-state index in [-0.39, 0.29) is 23.5 Å². The molecule has 0 aliphatic carbocycles. The van der Waals surface area contributed by atoms with Crippen LogP contribution in [0, 0.1) is 6.92 Å². The van der Waals surface area contributed by atoms with E-state index in [0.717, 1.165) is 16.6 Å². The van der Waals surface area contributed by atoms with Gasteiger partial charge in [-0.25, -0.2) is 8.42 Å². The van der Waals surface area contributed by atoms with Crippen LogP contribution in [0.25, 0.3) is 10.9 Å². The first-order chi connectivity index (χ1) is 9.85. The Morgan fingerprint density at radius 1 is 1.43 bits per heavy atom. The van der Waals surface area contributed by atoms with Crippen LogP contribution in [0.2, 0.25) is 5.02 Å². The van der Waals surface area contributed by atoms with Crippen LogP contribution in [0.5, 0.6) is 0 Å². The van der Waals surface area contributed by atoms with Crippen molar-refractivity contribution in [3.05, 3.63) is 34.5 Å². The van der Waals surface area contributed by atoms with Crippen molar-refractivity contribution in [2.75, 3.05) is 11.5 Å². The monoisotopic (exact) mass is 326 g/mol. The highest BCUT2D eigenvalue weighted by atomic mass is 35.5. The maximum atomic E-state index is 12.4. The fourth-order valence-electron chi connectivity index (χ4n) is 2.76. The molecule has 1 aliphatic rings. The van der Waals surface area contributed by atoms with E-state index in [9.17, 15) is 13.2 Å². The number of fused-ring (bicyclic) bond motifs is 1. The number of aromatic amines is 1. The van der Waals surface area contributed by atoms with Gasteiger partial charge in [0.15, 0.2) is 9.84 Å². The molecule has 2 N–H and O–H groups in total. The van der Waals surface area contributed by atoms with Crippen LogP contribution >= 0.6 is 11.6 Å². The van der Waals surface area contributed by atoms with E-state index in [1.807, 2.05) is 13.0 Å². The number of aryl methyl sites for hydroxylation is 1. The molecule has 3 rings (SSSR count). The summed E-state index contributed by atoms with van der Waals surface area (Å²) in [5.41, 5.74) is 2.10. The Kier molecular flexibility index (Phi) is 3.45. The summed E-state index contributed by atoms with van der Waals surface area (Å²) in [7, 11) is -3.01. The minimum Gasteiger partial charge on any atom is -0.358 e. The minimum atomic E-state index is -3.01. The lowest BCUT2D eigenvalue weighted by Crippen LogP contribution is -2.35. The third kappa shape index (κ3) is 2.78. The smallest absolute Gasteiger partial charge is 0.253 e. The average Bonchev–Trinajstić information content (AvgIpc) is 2.88. The van der Waals surface area contributed by atoms with Crippen molar-refractivity contribution < 1.29 is 13.2 Å². The highest BCUT2D eigenvalue weighted by Gasteiger charge is 2.30. The number of benzene rings is 1. The first kappa shape index (κ1) is 14.4. The zero-order valence-electron chi connectivity index (χ0n) is 11.4. The van der Waals surface area contributed by atoms with Gasteiger partial charge in [-0.05, 0) is 31.5 Å². The molecule has 7 heteroatoms. The summed E-state index contributed by atoms with van der Waals surface area (Å²) in [5, 5.41) is 4.11. The maximum Gasteiger partial charge on any atom is 0.253 e. The number of rotatable bonds is 2. The van der Waals surface area contributed by atoms with E-state index in [0.29, 0.717) is 17.0 Å². The molecule has 21 heavy (non-hydrogen) atoms. The number of carbonyl (C=O) groups excluding carboxylic acids is 1. The van der Waals surface area contributed by atoms with Crippen LogP contribution < -0.4 is 5.32 Å². The lowest BCUT2D eigenvalue weighted by molar-refractivity contribution is 0.0942. The molecule has 1 saturated heterocycles. The van der Waals surface area contributed by atoms with Crippen molar-refractivity contribution in [1.29, 1.82) is 0 Å². The van der Waals surface area contributed by atoms with Crippen molar-refractivity contribution in [1.82, 2.24) is 10.3 Å². The number of amides is 1. The average molecular weight is 327 g/mol. The third-order valence-electron chi connectivity index (χ3n) is 3.74. The largest absolute Gasteiger partial charge is 0.358 e. The Labute approximate surface area is 127 Å². The van der Waals surface area contributed by atoms with Crippen LogP contribution in [0.3, 0.4) is 0 Å². The van der Waals surface area contributed by atoms with Crippen molar-refractivity contribution in [2.24, 2.45) is 0 Å². The molecule has 2 aromatic rings. The third-order valence-corrected chi connectivity index (χ3v) is 5.75. The van der Waals surface area contributed by atoms with Gasteiger partial charge in [0, 0.05) is 27.7 Å². The highest BCUT2D eigenvalue weighted by Crippen LogP contribution is 2.25. The van der Waals surface area contributed by atoms with Gasteiger partial charge in [0.2, 0.25) is 0 Å². The zero-order chi connectivity index (χ0) is 15.2. The summed E-state index contributed by atoms with van der Waals surface area (Å²) in [5.74, 6) is -0.111. The predicted octanol–water partition coefficient (Wildman–Crippen LogP) is 2.05. The van der Waals surface area contributed by atoms with Crippen molar-refractivity contribution in [2.45, 2.75) is 19.4 Å². The number of sulfone groups is 1. The Bertz CT molecular complexity index is 826. The van der Waals surface area contributed by atoms with E-state index < -0.39 is 9.84 Å². The number of aromatic nitrogens is 1. The van der Waals surface area contributed by atoms with Gasteiger partial charge in [-0.2, -0.15) is 0 Å². The van der Waals surface area contributed by atoms with E-state index in [2.05, 4.69) is 10.3 Å². The number of halogens is 1. The van der Waals surface area contributed by atoms with Crippen LogP contribution in [-0.4, -0.2) is 36.9 Å². The van der Waals surface area contributed by atoms with Gasteiger partial charge >= 0.3 is 0 Å². The van der Waals surface area contributed by atoms with E-state index in [1.54, 1.807) is 12.1 Å². The first-order valence-electron chi connectivity index (χ1n) is 6.65. The first-order valence-corrected chi connectivity index (χ1v) is 8.85. The van der Waals surface area contributed by atoms with Crippen molar-refractivity contribution in [3.63, 3.8) is 0 Å². The number of hydrogen-bond acceptors (Lipinski definition) is 3. The second kappa shape index (κ2) is 5.03. The van der Waals surface area contributed by atoms with Gasteiger partial charge in [-0.15, -0.1) is 0 Å². The highest BCUT2D eigenvalue weighted by molar-refractivity contribution is 7.91. The Morgan fingerprint density at radius 2 is 2.19 bits per heavy atom. The standard InChI is InChI=1S/C14H15ClN2O3S/c1-8-13(11-6-9(15)2-3-12(11)16-8)14(18)17-10-4-5-21(19,20)7-10/h2-3,6,10,16H,4-5,7H2,1H3,(H,17,18). The van der Waals surface area contributed by atoms with Gasteiger partial charge in [0.25, 0.3) is 5.91 Å². The molecule has 0 saturated carbocycles. The van der Waals surface area contributed by atoms with Crippen LogP contribution in [0.4, 0.5) is 0 Å². The number of carbonyl (C=O) groups is 1. The summed E-state index contributed by atoms with van der Waals surface area (Å²) in [6.07, 6.45) is 0.468. The maximum absolute atomic E-state index is 12.4. The molecule has 112 valence electrons. The number of hydrogen-bond donors (Lipinski definition) is 2. The Hall–Kier alpha value is -1.53. The SMILES string of the molecule is Cc1[nH]c2ccc(Cl)cc2c1C(=O)NC1CCS(=O)(=O)C1. The van der Waals surface area contributed by atoms with E-state index >= 15 is 0 Å². The van der Waals surface area contributed by atoms with Gasteiger partial charge in [-0.3, -0.25) is 4.79 Å². The predicted molar refractivity (Wildman–Crippen MR) is 82.6 cm³/mol. The molecule has 5 nitrogen and oxygen atoms in total. The van der Waals surface area contributed by atoms with E-state index in [1.165, 1.54) is 0 Å². The fourth-order valence-corrected chi connectivity index (χ4v) is 4.60. The Balaban J connectivity index is 1.91. The summed E-state index contributed by atoms with van der Waals surface area (Å²) < 4.78 is 22.9.